The zero-order valence-electron chi connectivity index (χ0n) is 11.8. The van der Waals surface area contributed by atoms with E-state index in [1.54, 1.807) is 0 Å². The summed E-state index contributed by atoms with van der Waals surface area (Å²) in [6.07, 6.45) is 4.76. The van der Waals surface area contributed by atoms with Gasteiger partial charge in [-0.05, 0) is 25.0 Å². The predicted molar refractivity (Wildman–Crippen MR) is 77.9 cm³/mol. The molecule has 0 aromatic heterocycles. The van der Waals surface area contributed by atoms with Gasteiger partial charge in [0.2, 0.25) is 5.91 Å². The molecule has 3 atom stereocenters. The van der Waals surface area contributed by atoms with E-state index in [1.807, 2.05) is 11.8 Å². The molecule has 0 aromatic carbocycles. The van der Waals surface area contributed by atoms with Crippen LogP contribution in [0.25, 0.3) is 0 Å². The van der Waals surface area contributed by atoms with Crippen molar-refractivity contribution in [3.63, 3.8) is 0 Å². The minimum atomic E-state index is 0.0675. The Labute approximate surface area is 115 Å². The van der Waals surface area contributed by atoms with Crippen LogP contribution < -0.4 is 5.32 Å². The molecule has 3 unspecified atom stereocenters. The van der Waals surface area contributed by atoms with Crippen molar-refractivity contribution in [2.75, 3.05) is 12.3 Å². The maximum atomic E-state index is 12.4. The van der Waals surface area contributed by atoms with Crippen LogP contribution in [0.4, 0.5) is 0 Å². The summed E-state index contributed by atoms with van der Waals surface area (Å²) in [7, 11) is 0. The predicted octanol–water partition coefficient (Wildman–Crippen LogP) is 2.26. The molecule has 1 amide bonds. The summed E-state index contributed by atoms with van der Waals surface area (Å²) in [5.41, 5.74) is 0. The maximum absolute atomic E-state index is 12.4. The first kappa shape index (κ1) is 14.2. The Hall–Kier alpha value is -0.220. The summed E-state index contributed by atoms with van der Waals surface area (Å²) < 4.78 is 0. The Balaban J connectivity index is 1.95. The van der Waals surface area contributed by atoms with Crippen LogP contribution in [0, 0.1) is 0 Å². The van der Waals surface area contributed by atoms with Gasteiger partial charge in [0, 0.05) is 23.9 Å². The van der Waals surface area contributed by atoms with Gasteiger partial charge in [-0.2, -0.15) is 11.8 Å². The Kier molecular flexibility index (Phi) is 4.96. The van der Waals surface area contributed by atoms with E-state index in [-0.39, 0.29) is 6.04 Å². The molecule has 4 heteroatoms. The van der Waals surface area contributed by atoms with Gasteiger partial charge in [0.25, 0.3) is 0 Å². The second kappa shape index (κ2) is 6.29. The molecular weight excluding hydrogens is 244 g/mol. The van der Waals surface area contributed by atoms with Crippen LogP contribution in [-0.2, 0) is 4.79 Å². The summed E-state index contributed by atoms with van der Waals surface area (Å²) in [6, 6.07) is 0.961. The third-order valence-corrected chi connectivity index (χ3v) is 5.28. The Morgan fingerprint density at radius 1 is 1.39 bits per heavy atom. The minimum Gasteiger partial charge on any atom is -0.337 e. The Morgan fingerprint density at radius 2 is 2.17 bits per heavy atom. The summed E-state index contributed by atoms with van der Waals surface area (Å²) in [6.45, 7) is 7.39. The summed E-state index contributed by atoms with van der Waals surface area (Å²) >= 11 is 2.04. The molecule has 0 spiro atoms. The lowest BCUT2D eigenvalue weighted by Crippen LogP contribution is -2.46. The number of carbonyl (C=O) groups excluding carboxylic acids is 1. The molecule has 2 aliphatic rings. The molecule has 0 bridgehead atoms. The molecule has 1 aliphatic heterocycles. The standard InChI is InChI=1S/C14H26N2OS/c1-4-18-13-7-5-6-12(13)16-9-8-11(14(16)17)15-10(2)3/h10-13,15H,4-9H2,1-3H3. The largest absolute Gasteiger partial charge is 0.337 e. The van der Waals surface area contributed by atoms with Crippen molar-refractivity contribution in [1.82, 2.24) is 10.2 Å². The summed E-state index contributed by atoms with van der Waals surface area (Å²) in [4.78, 5) is 14.6. The van der Waals surface area contributed by atoms with Gasteiger partial charge < -0.3 is 10.2 Å². The number of carbonyl (C=O) groups is 1. The highest BCUT2D eigenvalue weighted by Gasteiger charge is 2.40. The normalized spacial score (nSPS) is 32.8. The molecular formula is C14H26N2OS. The average Bonchev–Trinajstić information content (AvgIpc) is 2.88. The molecule has 18 heavy (non-hydrogen) atoms. The first-order valence-electron chi connectivity index (χ1n) is 7.31. The van der Waals surface area contributed by atoms with Gasteiger partial charge in [0.05, 0.1) is 6.04 Å². The smallest absolute Gasteiger partial charge is 0.240 e. The highest BCUT2D eigenvalue weighted by Crippen LogP contribution is 2.35. The summed E-state index contributed by atoms with van der Waals surface area (Å²) in [5, 5.41) is 4.07. The van der Waals surface area contributed by atoms with Crippen molar-refractivity contribution in [3.8, 4) is 0 Å². The van der Waals surface area contributed by atoms with E-state index in [0.717, 1.165) is 18.7 Å². The number of rotatable bonds is 5. The number of likely N-dealkylation sites (tertiary alicyclic amines) is 1. The van der Waals surface area contributed by atoms with Crippen LogP contribution in [0.3, 0.4) is 0 Å². The fourth-order valence-electron chi connectivity index (χ4n) is 3.26. The number of thioether (sulfide) groups is 1. The molecule has 0 aromatic rings. The number of nitrogens with zero attached hydrogens (tertiary/aromatic N) is 1. The van der Waals surface area contributed by atoms with Crippen LogP contribution in [0.5, 0.6) is 0 Å². The molecule has 3 nitrogen and oxygen atoms in total. The number of hydrogen-bond donors (Lipinski definition) is 1. The zero-order chi connectivity index (χ0) is 13.1. The van der Waals surface area contributed by atoms with Crippen molar-refractivity contribution >= 4 is 17.7 Å². The number of hydrogen-bond acceptors (Lipinski definition) is 3. The van der Waals surface area contributed by atoms with E-state index in [4.69, 9.17) is 0 Å². The quantitative estimate of drug-likeness (QED) is 0.832. The van der Waals surface area contributed by atoms with Gasteiger partial charge in [0.1, 0.15) is 0 Å². The second-order valence-electron chi connectivity index (χ2n) is 5.69. The third kappa shape index (κ3) is 3.02. The van der Waals surface area contributed by atoms with Crippen molar-refractivity contribution in [2.45, 2.75) is 69.8 Å². The first-order valence-corrected chi connectivity index (χ1v) is 8.36. The van der Waals surface area contributed by atoms with Gasteiger partial charge in [-0.25, -0.2) is 0 Å². The highest BCUT2D eigenvalue weighted by atomic mass is 32.2. The molecule has 0 radical (unpaired) electrons. The van der Waals surface area contributed by atoms with Gasteiger partial charge in [-0.15, -0.1) is 0 Å². The van der Waals surface area contributed by atoms with Crippen LogP contribution in [0.2, 0.25) is 0 Å². The maximum Gasteiger partial charge on any atom is 0.240 e. The zero-order valence-corrected chi connectivity index (χ0v) is 12.6. The van der Waals surface area contributed by atoms with Crippen molar-refractivity contribution in [3.05, 3.63) is 0 Å². The van der Waals surface area contributed by atoms with Crippen LogP contribution in [0.15, 0.2) is 0 Å². The van der Waals surface area contributed by atoms with Crippen molar-refractivity contribution in [2.24, 2.45) is 0 Å². The molecule has 104 valence electrons. The topological polar surface area (TPSA) is 32.3 Å². The van der Waals surface area contributed by atoms with E-state index in [1.165, 1.54) is 19.3 Å². The van der Waals surface area contributed by atoms with Gasteiger partial charge in [-0.1, -0.05) is 27.2 Å². The van der Waals surface area contributed by atoms with Crippen molar-refractivity contribution in [1.29, 1.82) is 0 Å². The highest BCUT2D eigenvalue weighted by molar-refractivity contribution is 7.99. The fraction of sp³-hybridized carbons (Fsp3) is 0.929. The Bertz CT molecular complexity index is 296. The van der Waals surface area contributed by atoms with E-state index < -0.39 is 0 Å². The molecule has 2 fully saturated rings. The second-order valence-corrected chi connectivity index (χ2v) is 7.20. The van der Waals surface area contributed by atoms with E-state index in [9.17, 15) is 4.79 Å². The first-order chi connectivity index (χ1) is 8.63. The number of nitrogens with one attached hydrogen (secondary N) is 1. The third-order valence-electron chi connectivity index (χ3n) is 3.97. The van der Waals surface area contributed by atoms with E-state index in [0.29, 0.717) is 23.2 Å². The van der Waals surface area contributed by atoms with Gasteiger partial charge >= 0.3 is 0 Å². The minimum absolute atomic E-state index is 0.0675. The average molecular weight is 270 g/mol. The lowest BCUT2D eigenvalue weighted by molar-refractivity contribution is -0.131. The van der Waals surface area contributed by atoms with Gasteiger partial charge in [-0.3, -0.25) is 4.79 Å². The van der Waals surface area contributed by atoms with Crippen LogP contribution in [0.1, 0.15) is 46.5 Å². The molecule has 1 aliphatic carbocycles. The van der Waals surface area contributed by atoms with E-state index in [2.05, 4.69) is 31.0 Å². The van der Waals surface area contributed by atoms with Crippen molar-refractivity contribution < 1.29 is 4.79 Å². The Morgan fingerprint density at radius 3 is 2.83 bits per heavy atom. The molecule has 1 N–H and O–H groups in total. The number of amides is 1. The monoisotopic (exact) mass is 270 g/mol. The van der Waals surface area contributed by atoms with Crippen LogP contribution in [-0.4, -0.2) is 46.5 Å². The lowest BCUT2D eigenvalue weighted by atomic mass is 10.2. The molecule has 1 heterocycles. The molecule has 1 saturated carbocycles. The SMILES string of the molecule is CCSC1CCCC1N1CCC(NC(C)C)C1=O. The fourth-order valence-corrected chi connectivity index (χ4v) is 4.53. The summed E-state index contributed by atoms with van der Waals surface area (Å²) in [5.74, 6) is 1.51. The van der Waals surface area contributed by atoms with E-state index >= 15 is 0 Å². The molecule has 2 rings (SSSR count). The lowest BCUT2D eigenvalue weighted by Gasteiger charge is -2.29. The van der Waals surface area contributed by atoms with Crippen LogP contribution >= 0.6 is 11.8 Å². The molecule has 1 saturated heterocycles. The van der Waals surface area contributed by atoms with Gasteiger partial charge in [0.15, 0.2) is 0 Å².